The van der Waals surface area contributed by atoms with Gasteiger partial charge in [0.15, 0.2) is 0 Å². The van der Waals surface area contributed by atoms with Crippen molar-refractivity contribution in [2.45, 2.75) is 32.1 Å². The van der Waals surface area contributed by atoms with Gasteiger partial charge < -0.3 is 4.90 Å². The predicted molar refractivity (Wildman–Crippen MR) is 118 cm³/mol. The zero-order valence-electron chi connectivity index (χ0n) is 17.1. The number of carbonyl (C=O) groups is 1. The van der Waals surface area contributed by atoms with Gasteiger partial charge in [-0.3, -0.25) is 14.5 Å². The van der Waals surface area contributed by atoms with E-state index in [2.05, 4.69) is 9.71 Å². The van der Waals surface area contributed by atoms with Gasteiger partial charge in [-0.15, -0.1) is 0 Å². The van der Waals surface area contributed by atoms with E-state index in [1.807, 2.05) is 25.1 Å². The molecule has 0 atom stereocenters. The normalized spacial score (nSPS) is 13.2. The molecule has 1 amide bonds. The summed E-state index contributed by atoms with van der Waals surface area (Å²) in [5.74, 6) is -0.146. The van der Waals surface area contributed by atoms with Gasteiger partial charge in [0.1, 0.15) is 0 Å². The third-order valence-corrected chi connectivity index (χ3v) is 6.95. The lowest BCUT2D eigenvalue weighted by Gasteiger charge is -2.19. The number of nitrogens with zero attached hydrogens (tertiary/aromatic N) is 2. The number of carbonyl (C=O) groups excluding carboxylic acids is 1. The number of rotatable bonds is 4. The molecule has 4 rings (SSSR count). The summed E-state index contributed by atoms with van der Waals surface area (Å²) in [6, 6.07) is 12.5. The lowest BCUT2D eigenvalue weighted by atomic mass is 10.1. The Bertz CT molecular complexity index is 1210. The van der Waals surface area contributed by atoms with E-state index in [0.717, 1.165) is 23.2 Å². The number of hydrogen-bond acceptors (Lipinski definition) is 4. The molecule has 0 fully saturated rings. The number of fused-ring (bicyclic) bond motifs is 1. The van der Waals surface area contributed by atoms with Crippen molar-refractivity contribution in [3.8, 4) is 0 Å². The van der Waals surface area contributed by atoms with Gasteiger partial charge in [-0.2, -0.15) is 0 Å². The van der Waals surface area contributed by atoms with Crippen molar-refractivity contribution in [3.63, 3.8) is 0 Å². The molecule has 0 saturated carbocycles. The quantitative estimate of drug-likeness (QED) is 0.690. The molecule has 6 nitrogen and oxygen atoms in total. The minimum Gasteiger partial charge on any atom is -0.308 e. The Morgan fingerprint density at radius 1 is 1.07 bits per heavy atom. The molecule has 0 radical (unpaired) electrons. The Morgan fingerprint density at radius 2 is 1.80 bits per heavy atom. The first kappa shape index (κ1) is 20.1. The molecule has 0 bridgehead atoms. The summed E-state index contributed by atoms with van der Waals surface area (Å²) in [4.78, 5) is 18.9. The Labute approximate surface area is 176 Å². The van der Waals surface area contributed by atoms with E-state index < -0.39 is 10.0 Å². The molecule has 30 heavy (non-hydrogen) atoms. The molecule has 0 unspecified atom stereocenters. The Morgan fingerprint density at radius 3 is 2.47 bits per heavy atom. The molecule has 3 aromatic rings. The largest absolute Gasteiger partial charge is 0.308 e. The molecule has 1 aliphatic rings. The number of aromatic nitrogens is 1. The molecule has 1 aromatic heterocycles. The first-order chi connectivity index (χ1) is 14.3. The van der Waals surface area contributed by atoms with Crippen LogP contribution in [0.3, 0.4) is 0 Å². The fourth-order valence-corrected chi connectivity index (χ4v) is 5.60. The van der Waals surface area contributed by atoms with Crippen molar-refractivity contribution in [3.05, 3.63) is 82.7 Å². The highest BCUT2D eigenvalue weighted by Crippen LogP contribution is 2.33. The summed E-state index contributed by atoms with van der Waals surface area (Å²) in [7, 11) is -3.76. The third kappa shape index (κ3) is 3.68. The highest BCUT2D eigenvalue weighted by molar-refractivity contribution is 7.92. The number of hydrogen-bond donors (Lipinski definition) is 1. The highest BCUT2D eigenvalue weighted by atomic mass is 32.2. The SMILES string of the molecule is Cc1cc(C)c(S(=O)(=O)Nc2ccc3c(c2)N(C(=O)c2cccnc2)CC3)c(C)c1. The molecule has 7 heteroatoms. The molecule has 2 aromatic carbocycles. The predicted octanol–water partition coefficient (Wildman–Crippen LogP) is 4.01. The smallest absolute Gasteiger partial charge is 0.262 e. The average molecular weight is 422 g/mol. The molecule has 154 valence electrons. The van der Waals surface area contributed by atoms with Crippen LogP contribution in [0.4, 0.5) is 11.4 Å². The number of nitrogens with one attached hydrogen (secondary N) is 1. The van der Waals surface area contributed by atoms with E-state index in [1.165, 1.54) is 6.20 Å². The molecule has 0 spiro atoms. The second-order valence-corrected chi connectivity index (χ2v) is 9.24. The van der Waals surface area contributed by atoms with Crippen LogP contribution >= 0.6 is 0 Å². The lowest BCUT2D eigenvalue weighted by Crippen LogP contribution is -2.29. The van der Waals surface area contributed by atoms with Crippen LogP contribution in [-0.2, 0) is 16.4 Å². The number of aryl methyl sites for hydroxylation is 3. The highest BCUT2D eigenvalue weighted by Gasteiger charge is 2.27. The number of benzene rings is 2. The Kier molecular flexibility index (Phi) is 5.07. The standard InChI is InChI=1S/C23H23N3O3S/c1-15-11-16(2)22(17(3)12-15)30(28,29)25-20-7-6-18-8-10-26(21(18)13-20)23(27)19-5-4-9-24-14-19/h4-7,9,11-14,25H,8,10H2,1-3H3. The Hall–Kier alpha value is -3.19. The van der Waals surface area contributed by atoms with Crippen LogP contribution in [-0.4, -0.2) is 25.9 Å². The van der Waals surface area contributed by atoms with Crippen molar-refractivity contribution in [1.82, 2.24) is 4.98 Å². The van der Waals surface area contributed by atoms with E-state index in [-0.39, 0.29) is 10.8 Å². The van der Waals surface area contributed by atoms with E-state index in [4.69, 9.17) is 0 Å². The van der Waals surface area contributed by atoms with Crippen molar-refractivity contribution in [2.75, 3.05) is 16.2 Å². The first-order valence-electron chi connectivity index (χ1n) is 9.72. The minimum atomic E-state index is -3.76. The molecular weight excluding hydrogens is 398 g/mol. The van der Waals surface area contributed by atoms with Crippen LogP contribution in [0, 0.1) is 20.8 Å². The second-order valence-electron chi connectivity index (χ2n) is 7.63. The number of anilines is 2. The monoisotopic (exact) mass is 421 g/mol. The first-order valence-corrected chi connectivity index (χ1v) is 11.2. The van der Waals surface area contributed by atoms with Crippen LogP contribution < -0.4 is 9.62 Å². The summed E-state index contributed by atoms with van der Waals surface area (Å²) in [5, 5.41) is 0. The molecule has 0 saturated heterocycles. The van der Waals surface area contributed by atoms with E-state index in [0.29, 0.717) is 28.9 Å². The zero-order chi connectivity index (χ0) is 21.5. The zero-order valence-corrected chi connectivity index (χ0v) is 18.0. The van der Waals surface area contributed by atoms with Crippen molar-refractivity contribution >= 4 is 27.3 Å². The van der Waals surface area contributed by atoms with Crippen LogP contribution in [0.1, 0.15) is 32.6 Å². The summed E-state index contributed by atoms with van der Waals surface area (Å²) in [6.45, 7) is 6.09. The van der Waals surface area contributed by atoms with Gasteiger partial charge in [0.25, 0.3) is 15.9 Å². The van der Waals surface area contributed by atoms with Crippen molar-refractivity contribution in [1.29, 1.82) is 0 Å². The lowest BCUT2D eigenvalue weighted by molar-refractivity contribution is 0.0989. The Balaban J connectivity index is 1.66. The summed E-state index contributed by atoms with van der Waals surface area (Å²) >= 11 is 0. The number of amides is 1. The number of sulfonamides is 1. The van der Waals surface area contributed by atoms with Gasteiger partial charge in [0, 0.05) is 24.6 Å². The van der Waals surface area contributed by atoms with Gasteiger partial charge in [0.05, 0.1) is 16.1 Å². The van der Waals surface area contributed by atoms with Crippen LogP contribution in [0.15, 0.2) is 59.8 Å². The maximum Gasteiger partial charge on any atom is 0.262 e. The minimum absolute atomic E-state index is 0.146. The van der Waals surface area contributed by atoms with Crippen LogP contribution in [0.5, 0.6) is 0 Å². The van der Waals surface area contributed by atoms with Crippen molar-refractivity contribution in [2.24, 2.45) is 0 Å². The summed E-state index contributed by atoms with van der Waals surface area (Å²) < 4.78 is 28.9. The summed E-state index contributed by atoms with van der Waals surface area (Å²) in [6.07, 6.45) is 3.89. The van der Waals surface area contributed by atoms with Gasteiger partial charge in [0.2, 0.25) is 0 Å². The van der Waals surface area contributed by atoms with E-state index in [1.54, 1.807) is 49.2 Å². The second kappa shape index (κ2) is 7.57. The van der Waals surface area contributed by atoms with Gasteiger partial charge in [-0.05, 0) is 68.1 Å². The summed E-state index contributed by atoms with van der Waals surface area (Å²) in [5.41, 5.74) is 5.09. The molecule has 0 aliphatic carbocycles. The fraction of sp³-hybridized carbons (Fsp3) is 0.217. The van der Waals surface area contributed by atoms with Crippen molar-refractivity contribution < 1.29 is 13.2 Å². The maximum absolute atomic E-state index is 13.1. The fourth-order valence-electron chi connectivity index (χ4n) is 4.10. The van der Waals surface area contributed by atoms with Gasteiger partial charge >= 0.3 is 0 Å². The van der Waals surface area contributed by atoms with Crippen LogP contribution in [0.2, 0.25) is 0 Å². The topological polar surface area (TPSA) is 79.4 Å². The van der Waals surface area contributed by atoms with E-state index in [9.17, 15) is 13.2 Å². The van der Waals surface area contributed by atoms with Gasteiger partial charge in [-0.25, -0.2) is 8.42 Å². The third-order valence-electron chi connectivity index (χ3n) is 5.26. The molecule has 2 heterocycles. The number of pyridine rings is 1. The van der Waals surface area contributed by atoms with Crippen LogP contribution in [0.25, 0.3) is 0 Å². The average Bonchev–Trinajstić information content (AvgIpc) is 3.10. The molecule has 1 N–H and O–H groups in total. The molecule has 1 aliphatic heterocycles. The van der Waals surface area contributed by atoms with E-state index >= 15 is 0 Å². The maximum atomic E-state index is 13.1. The molecular formula is C23H23N3O3S. The van der Waals surface area contributed by atoms with Gasteiger partial charge in [-0.1, -0.05) is 23.8 Å².